The molecule has 0 saturated heterocycles. The topological polar surface area (TPSA) is 0 Å². The van der Waals surface area contributed by atoms with E-state index < -0.39 is 0 Å². The molecule has 2 rings (SSSR count). The van der Waals surface area contributed by atoms with E-state index in [1.165, 1.54) is 37.7 Å². The van der Waals surface area contributed by atoms with Crippen molar-refractivity contribution in [3.05, 3.63) is 34.9 Å². The maximum atomic E-state index is 2.40. The van der Waals surface area contributed by atoms with Gasteiger partial charge in [-0.3, -0.25) is 0 Å². The zero-order chi connectivity index (χ0) is 8.39. The zero-order valence-corrected chi connectivity index (χ0v) is 7.77. The van der Waals surface area contributed by atoms with Crippen molar-refractivity contribution < 1.29 is 0 Å². The van der Waals surface area contributed by atoms with Crippen LogP contribution in [0.2, 0.25) is 0 Å². The van der Waals surface area contributed by atoms with Gasteiger partial charge in [0.05, 0.1) is 0 Å². The van der Waals surface area contributed by atoms with E-state index in [0.717, 1.165) is 0 Å². The van der Waals surface area contributed by atoms with E-state index >= 15 is 0 Å². The van der Waals surface area contributed by atoms with Crippen molar-refractivity contribution in [3.8, 4) is 0 Å². The number of rotatable bonds is 0. The highest BCUT2D eigenvalue weighted by Crippen LogP contribution is 2.29. The fourth-order valence-corrected chi connectivity index (χ4v) is 1.96. The summed E-state index contributed by atoms with van der Waals surface area (Å²) >= 11 is 0. The Morgan fingerprint density at radius 2 is 2.08 bits per heavy atom. The quantitative estimate of drug-likeness (QED) is 0.506. The average Bonchev–Trinajstić information content (AvgIpc) is 2.53. The lowest BCUT2D eigenvalue weighted by Gasteiger charge is -2.02. The SMILES string of the molecule is C/C1=C2C=C/C(=C/CCCC1)C\2. The highest BCUT2D eigenvalue weighted by molar-refractivity contribution is 5.43. The fourth-order valence-electron chi connectivity index (χ4n) is 1.96. The van der Waals surface area contributed by atoms with Crippen LogP contribution in [0.3, 0.4) is 0 Å². The summed E-state index contributed by atoms with van der Waals surface area (Å²) in [7, 11) is 0. The van der Waals surface area contributed by atoms with Crippen molar-refractivity contribution in [1.82, 2.24) is 0 Å². The van der Waals surface area contributed by atoms with Gasteiger partial charge in [-0.05, 0) is 50.2 Å². The van der Waals surface area contributed by atoms with Gasteiger partial charge in [0.25, 0.3) is 0 Å². The summed E-state index contributed by atoms with van der Waals surface area (Å²) in [4.78, 5) is 0. The normalized spacial score (nSPS) is 33.6. The van der Waals surface area contributed by atoms with Crippen LogP contribution in [0.25, 0.3) is 0 Å². The van der Waals surface area contributed by atoms with Gasteiger partial charge in [-0.25, -0.2) is 0 Å². The number of hydrogen-bond acceptors (Lipinski definition) is 0. The Morgan fingerprint density at radius 1 is 1.17 bits per heavy atom. The Morgan fingerprint density at radius 3 is 3.00 bits per heavy atom. The molecule has 0 nitrogen and oxygen atoms in total. The fraction of sp³-hybridized carbons (Fsp3) is 0.500. The summed E-state index contributed by atoms with van der Waals surface area (Å²) in [6.45, 7) is 2.29. The van der Waals surface area contributed by atoms with Crippen LogP contribution in [0.15, 0.2) is 34.9 Å². The van der Waals surface area contributed by atoms with Gasteiger partial charge in [0.2, 0.25) is 0 Å². The Balaban J connectivity index is 2.28. The molecule has 0 fully saturated rings. The zero-order valence-electron chi connectivity index (χ0n) is 7.77. The van der Waals surface area contributed by atoms with Gasteiger partial charge in [-0.2, -0.15) is 0 Å². The highest BCUT2D eigenvalue weighted by atomic mass is 14.1. The van der Waals surface area contributed by atoms with E-state index in [-0.39, 0.29) is 0 Å². The molecule has 2 aliphatic carbocycles. The molecule has 0 heteroatoms. The van der Waals surface area contributed by atoms with Crippen LogP contribution in [-0.2, 0) is 0 Å². The van der Waals surface area contributed by atoms with Crippen LogP contribution >= 0.6 is 0 Å². The standard InChI is InChI=1S/C12H16/c1-10-5-3-2-4-6-11-7-8-12(10)9-11/h6-8H,2-5,9H2,1H3/b11-6-,12-10-. The second-order valence-electron chi connectivity index (χ2n) is 3.84. The van der Waals surface area contributed by atoms with Crippen LogP contribution in [0.4, 0.5) is 0 Å². The van der Waals surface area contributed by atoms with Crippen LogP contribution in [-0.4, -0.2) is 0 Å². The second-order valence-corrected chi connectivity index (χ2v) is 3.84. The van der Waals surface area contributed by atoms with Gasteiger partial charge in [-0.1, -0.05) is 23.8 Å². The molecule has 0 saturated carbocycles. The van der Waals surface area contributed by atoms with Crippen molar-refractivity contribution >= 4 is 0 Å². The summed E-state index contributed by atoms with van der Waals surface area (Å²) in [5.74, 6) is 0. The van der Waals surface area contributed by atoms with E-state index in [1.54, 1.807) is 11.1 Å². The van der Waals surface area contributed by atoms with Crippen LogP contribution in [0.5, 0.6) is 0 Å². The van der Waals surface area contributed by atoms with Crippen molar-refractivity contribution in [2.45, 2.75) is 39.0 Å². The summed E-state index contributed by atoms with van der Waals surface area (Å²) < 4.78 is 0. The molecule has 0 heterocycles. The molecule has 0 aromatic heterocycles. The monoisotopic (exact) mass is 160 g/mol. The molecule has 64 valence electrons. The van der Waals surface area contributed by atoms with Crippen molar-refractivity contribution in [2.75, 3.05) is 0 Å². The minimum atomic E-state index is 1.20. The molecule has 0 N–H and O–H groups in total. The van der Waals surface area contributed by atoms with Gasteiger partial charge in [0, 0.05) is 0 Å². The van der Waals surface area contributed by atoms with Crippen LogP contribution < -0.4 is 0 Å². The number of fused-ring (bicyclic) bond motifs is 2. The molecular formula is C12H16. The molecule has 0 radical (unpaired) electrons. The molecule has 0 aromatic carbocycles. The molecule has 0 atom stereocenters. The predicted octanol–water partition coefficient (Wildman–Crippen LogP) is 3.76. The molecule has 12 heavy (non-hydrogen) atoms. The van der Waals surface area contributed by atoms with Crippen LogP contribution in [0, 0.1) is 0 Å². The second kappa shape index (κ2) is 3.30. The minimum Gasteiger partial charge on any atom is -0.0810 e. The molecule has 0 spiro atoms. The highest BCUT2D eigenvalue weighted by Gasteiger charge is 2.09. The third-order valence-corrected chi connectivity index (χ3v) is 2.85. The molecule has 2 aliphatic rings. The molecule has 0 amide bonds. The van der Waals surface area contributed by atoms with Crippen LogP contribution in [0.1, 0.15) is 39.0 Å². The number of allylic oxidation sites excluding steroid dienone is 6. The summed E-state index contributed by atoms with van der Waals surface area (Å²) in [5.41, 5.74) is 4.71. The average molecular weight is 160 g/mol. The first-order chi connectivity index (χ1) is 5.86. The molecule has 0 aromatic rings. The molecule has 2 bridgehead atoms. The first-order valence-corrected chi connectivity index (χ1v) is 4.92. The smallest absolute Gasteiger partial charge is 0.00295 e. The van der Waals surface area contributed by atoms with E-state index in [4.69, 9.17) is 0 Å². The van der Waals surface area contributed by atoms with Gasteiger partial charge in [-0.15, -0.1) is 0 Å². The Kier molecular flexibility index (Phi) is 2.16. The minimum absolute atomic E-state index is 1.20. The first-order valence-electron chi connectivity index (χ1n) is 4.92. The summed E-state index contributed by atoms with van der Waals surface area (Å²) in [6, 6.07) is 0. The Labute approximate surface area is 74.7 Å². The summed E-state index contributed by atoms with van der Waals surface area (Å²) in [6.07, 6.45) is 13.5. The molecule has 0 aliphatic heterocycles. The Bertz CT molecular complexity index is 264. The molecular weight excluding hydrogens is 144 g/mol. The van der Waals surface area contributed by atoms with Crippen molar-refractivity contribution in [2.24, 2.45) is 0 Å². The lowest BCUT2D eigenvalue weighted by atomic mass is 10.0. The van der Waals surface area contributed by atoms with E-state index in [1.807, 2.05) is 0 Å². The van der Waals surface area contributed by atoms with Gasteiger partial charge in [0.15, 0.2) is 0 Å². The first kappa shape index (κ1) is 7.85. The lowest BCUT2D eigenvalue weighted by Crippen LogP contribution is -1.82. The maximum absolute atomic E-state index is 2.40. The van der Waals surface area contributed by atoms with E-state index in [9.17, 15) is 0 Å². The third kappa shape index (κ3) is 1.52. The summed E-state index contributed by atoms with van der Waals surface area (Å²) in [5, 5.41) is 0. The van der Waals surface area contributed by atoms with Gasteiger partial charge in [0.1, 0.15) is 0 Å². The largest absolute Gasteiger partial charge is 0.0810 e. The Hall–Kier alpha value is -0.780. The van der Waals surface area contributed by atoms with Crippen molar-refractivity contribution in [3.63, 3.8) is 0 Å². The van der Waals surface area contributed by atoms with E-state index in [2.05, 4.69) is 25.2 Å². The van der Waals surface area contributed by atoms with Crippen molar-refractivity contribution in [1.29, 1.82) is 0 Å². The van der Waals surface area contributed by atoms with Gasteiger partial charge >= 0.3 is 0 Å². The predicted molar refractivity (Wildman–Crippen MR) is 53.0 cm³/mol. The third-order valence-electron chi connectivity index (χ3n) is 2.85. The lowest BCUT2D eigenvalue weighted by molar-refractivity contribution is 0.741. The molecule has 0 unspecified atom stereocenters. The van der Waals surface area contributed by atoms with Gasteiger partial charge < -0.3 is 0 Å². The maximum Gasteiger partial charge on any atom is -0.00295 e. The van der Waals surface area contributed by atoms with E-state index in [0.29, 0.717) is 0 Å². The number of hydrogen-bond donors (Lipinski definition) is 0.